The van der Waals surface area contributed by atoms with Crippen LogP contribution in [0.5, 0.6) is 0 Å². The highest BCUT2D eigenvalue weighted by molar-refractivity contribution is 5.94. The summed E-state index contributed by atoms with van der Waals surface area (Å²) >= 11 is 0. The molecule has 9 heteroatoms. The maximum Gasteiger partial charge on any atom is 0.312 e. The van der Waals surface area contributed by atoms with Crippen molar-refractivity contribution in [3.8, 4) is 0 Å². The molecule has 0 radical (unpaired) electrons. The SMILES string of the molecule is Cc1ccc(C(CC(=O)OC(C)C)NC(=O)c2ccc(Cn3nc(C)c([N+](=O)[O-])c3C)cc2)cc1. The second-order valence-corrected chi connectivity index (χ2v) is 8.81. The van der Waals surface area contributed by atoms with Crippen molar-refractivity contribution in [3.63, 3.8) is 0 Å². The van der Waals surface area contributed by atoms with Gasteiger partial charge in [-0.25, -0.2) is 0 Å². The standard InChI is InChI=1S/C26H30N4O5/c1-16(2)35-24(31)14-23(21-10-6-17(3)7-11-21)27-26(32)22-12-8-20(9-13-22)15-29-19(5)25(30(33)34)18(4)28-29/h6-13,16,23H,14-15H2,1-5H3,(H,27,32). The highest BCUT2D eigenvalue weighted by Gasteiger charge is 2.23. The number of nitro groups is 1. The average molecular weight is 479 g/mol. The lowest BCUT2D eigenvalue weighted by Crippen LogP contribution is -2.31. The second-order valence-electron chi connectivity index (χ2n) is 8.81. The van der Waals surface area contributed by atoms with Gasteiger partial charge in [0, 0.05) is 5.56 Å². The summed E-state index contributed by atoms with van der Waals surface area (Å²) in [5.41, 5.74) is 4.02. The molecule has 1 aromatic heterocycles. The molecular weight excluding hydrogens is 448 g/mol. The van der Waals surface area contributed by atoms with Crippen molar-refractivity contribution in [2.24, 2.45) is 0 Å². The van der Waals surface area contributed by atoms with Gasteiger partial charge in [-0.05, 0) is 57.9 Å². The molecule has 3 rings (SSSR count). The van der Waals surface area contributed by atoms with Crippen molar-refractivity contribution in [2.75, 3.05) is 0 Å². The lowest BCUT2D eigenvalue weighted by atomic mass is 10.0. The number of hydrogen-bond acceptors (Lipinski definition) is 6. The van der Waals surface area contributed by atoms with Gasteiger partial charge in [-0.15, -0.1) is 0 Å². The lowest BCUT2D eigenvalue weighted by molar-refractivity contribution is -0.386. The van der Waals surface area contributed by atoms with E-state index in [9.17, 15) is 19.7 Å². The van der Waals surface area contributed by atoms with Gasteiger partial charge < -0.3 is 10.1 Å². The Labute approximate surface area is 204 Å². The molecule has 0 saturated carbocycles. The molecule has 35 heavy (non-hydrogen) atoms. The Hall–Kier alpha value is -4.01. The Morgan fingerprint density at radius 1 is 1.06 bits per heavy atom. The van der Waals surface area contributed by atoms with Crippen molar-refractivity contribution < 1.29 is 19.2 Å². The van der Waals surface area contributed by atoms with Crippen LogP contribution >= 0.6 is 0 Å². The fourth-order valence-corrected chi connectivity index (χ4v) is 3.81. The van der Waals surface area contributed by atoms with Crippen molar-refractivity contribution in [2.45, 2.75) is 59.7 Å². The molecule has 0 spiro atoms. The van der Waals surface area contributed by atoms with E-state index in [0.29, 0.717) is 23.5 Å². The zero-order valence-corrected chi connectivity index (χ0v) is 20.6. The second kappa shape index (κ2) is 10.9. The molecule has 0 aliphatic rings. The molecule has 1 heterocycles. The first-order chi connectivity index (χ1) is 16.5. The van der Waals surface area contributed by atoms with E-state index >= 15 is 0 Å². The number of amides is 1. The third-order valence-corrected chi connectivity index (χ3v) is 5.60. The van der Waals surface area contributed by atoms with Gasteiger partial charge in [-0.1, -0.05) is 42.0 Å². The number of benzene rings is 2. The highest BCUT2D eigenvalue weighted by Crippen LogP contribution is 2.23. The Bertz CT molecular complexity index is 1210. The Balaban J connectivity index is 1.74. The summed E-state index contributed by atoms with van der Waals surface area (Å²) in [7, 11) is 0. The van der Waals surface area contributed by atoms with Crippen molar-refractivity contribution in [3.05, 3.63) is 92.3 Å². The normalized spacial score (nSPS) is 11.8. The molecule has 9 nitrogen and oxygen atoms in total. The summed E-state index contributed by atoms with van der Waals surface area (Å²) in [5.74, 6) is -0.707. The maximum atomic E-state index is 13.0. The highest BCUT2D eigenvalue weighted by atomic mass is 16.6. The summed E-state index contributed by atoms with van der Waals surface area (Å²) in [6.45, 7) is 9.14. The smallest absolute Gasteiger partial charge is 0.312 e. The molecule has 1 unspecified atom stereocenters. The summed E-state index contributed by atoms with van der Waals surface area (Å²) in [5, 5.41) is 18.4. The van der Waals surface area contributed by atoms with Crippen LogP contribution in [0.25, 0.3) is 0 Å². The minimum absolute atomic E-state index is 0.0131. The fourth-order valence-electron chi connectivity index (χ4n) is 3.81. The molecule has 3 aromatic rings. The van der Waals surface area contributed by atoms with E-state index in [1.165, 1.54) is 0 Å². The van der Waals surface area contributed by atoms with E-state index in [0.717, 1.165) is 16.7 Å². The van der Waals surface area contributed by atoms with Crippen molar-refractivity contribution >= 4 is 17.6 Å². The van der Waals surface area contributed by atoms with Crippen LogP contribution < -0.4 is 5.32 Å². The van der Waals surface area contributed by atoms with E-state index in [4.69, 9.17) is 4.74 Å². The molecule has 0 saturated heterocycles. The minimum atomic E-state index is -0.538. The minimum Gasteiger partial charge on any atom is -0.463 e. The van der Waals surface area contributed by atoms with Gasteiger partial charge in [0.15, 0.2) is 0 Å². The number of esters is 1. The molecule has 1 amide bonds. The van der Waals surface area contributed by atoms with Gasteiger partial charge in [0.1, 0.15) is 11.4 Å². The average Bonchev–Trinajstić information content (AvgIpc) is 3.06. The van der Waals surface area contributed by atoms with Crippen molar-refractivity contribution in [1.29, 1.82) is 0 Å². The van der Waals surface area contributed by atoms with E-state index in [1.807, 2.05) is 31.2 Å². The summed E-state index contributed by atoms with van der Waals surface area (Å²) in [6, 6.07) is 14.0. The quantitative estimate of drug-likeness (QED) is 0.273. The van der Waals surface area contributed by atoms with E-state index in [1.54, 1.807) is 56.6 Å². The van der Waals surface area contributed by atoms with Gasteiger partial charge in [-0.3, -0.25) is 24.4 Å². The molecule has 0 fully saturated rings. The van der Waals surface area contributed by atoms with Crippen LogP contribution in [0.15, 0.2) is 48.5 Å². The summed E-state index contributed by atoms with van der Waals surface area (Å²) in [4.78, 5) is 36.1. The number of rotatable bonds is 9. The topological polar surface area (TPSA) is 116 Å². The maximum absolute atomic E-state index is 13.0. The van der Waals surface area contributed by atoms with E-state index in [-0.39, 0.29) is 30.1 Å². The Morgan fingerprint density at radius 3 is 2.23 bits per heavy atom. The Morgan fingerprint density at radius 2 is 1.69 bits per heavy atom. The first kappa shape index (κ1) is 25.6. The number of nitrogens with one attached hydrogen (secondary N) is 1. The van der Waals surface area contributed by atoms with Crippen LogP contribution in [-0.2, 0) is 16.1 Å². The number of aromatic nitrogens is 2. The number of aryl methyl sites for hydroxylation is 2. The van der Waals surface area contributed by atoms with Crippen LogP contribution in [0, 0.1) is 30.9 Å². The fraction of sp³-hybridized carbons (Fsp3) is 0.346. The van der Waals surface area contributed by atoms with E-state index in [2.05, 4.69) is 10.4 Å². The van der Waals surface area contributed by atoms with Gasteiger partial charge in [-0.2, -0.15) is 5.10 Å². The number of ether oxygens (including phenoxy) is 1. The lowest BCUT2D eigenvalue weighted by Gasteiger charge is -2.20. The molecule has 0 aliphatic carbocycles. The van der Waals surface area contributed by atoms with Crippen molar-refractivity contribution in [1.82, 2.24) is 15.1 Å². The van der Waals surface area contributed by atoms with Crippen LogP contribution in [0.2, 0.25) is 0 Å². The monoisotopic (exact) mass is 478 g/mol. The largest absolute Gasteiger partial charge is 0.463 e. The third kappa shape index (κ3) is 6.53. The number of nitrogens with zero attached hydrogens (tertiary/aromatic N) is 3. The van der Waals surface area contributed by atoms with Crippen LogP contribution in [0.3, 0.4) is 0 Å². The zero-order chi connectivity index (χ0) is 25.7. The molecule has 1 atom stereocenters. The third-order valence-electron chi connectivity index (χ3n) is 5.60. The van der Waals surface area contributed by atoms with Crippen LogP contribution in [-0.4, -0.2) is 32.7 Å². The first-order valence-corrected chi connectivity index (χ1v) is 11.4. The predicted molar refractivity (Wildman–Crippen MR) is 131 cm³/mol. The Kier molecular flexibility index (Phi) is 8.01. The van der Waals surface area contributed by atoms with Crippen LogP contribution in [0.4, 0.5) is 5.69 Å². The zero-order valence-electron chi connectivity index (χ0n) is 20.6. The molecule has 2 aromatic carbocycles. The number of hydrogen-bond donors (Lipinski definition) is 1. The van der Waals surface area contributed by atoms with Gasteiger partial charge in [0.2, 0.25) is 0 Å². The van der Waals surface area contributed by atoms with Crippen LogP contribution in [0.1, 0.15) is 64.7 Å². The molecule has 0 aliphatic heterocycles. The van der Waals surface area contributed by atoms with Gasteiger partial charge >= 0.3 is 11.7 Å². The summed E-state index contributed by atoms with van der Waals surface area (Å²) < 4.78 is 6.86. The molecule has 1 N–H and O–H groups in total. The summed E-state index contributed by atoms with van der Waals surface area (Å²) in [6.07, 6.45) is -0.227. The van der Waals surface area contributed by atoms with Gasteiger partial charge in [0.25, 0.3) is 5.91 Å². The first-order valence-electron chi connectivity index (χ1n) is 11.4. The number of carbonyl (C=O) groups excluding carboxylic acids is 2. The number of carbonyl (C=O) groups is 2. The molecule has 0 bridgehead atoms. The predicted octanol–water partition coefficient (Wildman–Crippen LogP) is 4.58. The molecule has 184 valence electrons. The van der Waals surface area contributed by atoms with Gasteiger partial charge in [0.05, 0.1) is 30.0 Å². The van der Waals surface area contributed by atoms with E-state index < -0.39 is 11.0 Å². The molecular formula is C26H30N4O5.